The molecule has 3 atom stereocenters. The highest BCUT2D eigenvalue weighted by Gasteiger charge is 2.49. The van der Waals surface area contributed by atoms with Gasteiger partial charge in [0.1, 0.15) is 11.7 Å². The van der Waals surface area contributed by atoms with Crippen molar-refractivity contribution >= 4 is 71.2 Å². The molecule has 4 heterocycles. The minimum Gasteiger partial charge on any atom is -0.341 e. The number of hydrogen-bond donors (Lipinski definition) is 2. The predicted octanol–water partition coefficient (Wildman–Crippen LogP) is 4.22. The van der Waals surface area contributed by atoms with Crippen molar-refractivity contribution in [2.75, 3.05) is 61.1 Å². The molecule has 4 aliphatic rings. The van der Waals surface area contributed by atoms with Crippen molar-refractivity contribution in [3.8, 4) is 0 Å². The number of carbonyl (C=O) groups is 2. The quantitative estimate of drug-likeness (QED) is 0.241. The van der Waals surface area contributed by atoms with E-state index in [9.17, 15) is 18.0 Å². The van der Waals surface area contributed by atoms with Crippen molar-refractivity contribution in [3.63, 3.8) is 0 Å². The second-order valence-electron chi connectivity index (χ2n) is 13.5. The molecule has 6 rings (SSSR count). The SMILES string of the molecule is CS(=O)(=O)N=C(N1CCC(N)(N2Cc3ccccc3NC2=O)C(Br)C1)N(c1ccccc1)[C@@H](CBr)C(=O)N1CCC(N2CCCCC2)CC1. The van der Waals surface area contributed by atoms with Gasteiger partial charge in [0.2, 0.25) is 11.9 Å². The van der Waals surface area contributed by atoms with Crippen LogP contribution in [0.3, 0.4) is 0 Å². The highest BCUT2D eigenvalue weighted by molar-refractivity contribution is 9.09. The van der Waals surface area contributed by atoms with Gasteiger partial charge in [0, 0.05) is 55.3 Å². The van der Waals surface area contributed by atoms with Crippen LogP contribution in [0.1, 0.15) is 44.1 Å². The smallest absolute Gasteiger partial charge is 0.323 e. The number of likely N-dealkylation sites (tertiary alicyclic amines) is 3. The number of nitrogens with two attached hydrogens (primary N) is 1. The Balaban J connectivity index is 1.27. The number of sulfonamides is 1. The van der Waals surface area contributed by atoms with Gasteiger partial charge in [0.05, 0.1) is 17.6 Å². The third-order valence-electron chi connectivity index (χ3n) is 10.2. The van der Waals surface area contributed by atoms with E-state index in [1.165, 1.54) is 19.3 Å². The molecule has 0 bridgehead atoms. The lowest BCUT2D eigenvalue weighted by Crippen LogP contribution is -2.71. The first-order valence-electron chi connectivity index (χ1n) is 17.1. The Labute approximate surface area is 306 Å². The molecule has 0 spiro atoms. The summed E-state index contributed by atoms with van der Waals surface area (Å²) in [5.41, 5.74) is 8.34. The maximum absolute atomic E-state index is 14.4. The lowest BCUT2D eigenvalue weighted by atomic mass is 9.94. The van der Waals surface area contributed by atoms with E-state index in [0.717, 1.165) is 43.4 Å². The second kappa shape index (κ2) is 15.3. The van der Waals surface area contributed by atoms with E-state index in [1.807, 2.05) is 64.4 Å². The lowest BCUT2D eigenvalue weighted by molar-refractivity contribution is -0.133. The van der Waals surface area contributed by atoms with Crippen molar-refractivity contribution in [2.24, 2.45) is 10.1 Å². The zero-order chi connectivity index (χ0) is 34.8. The van der Waals surface area contributed by atoms with Gasteiger partial charge in [-0.1, -0.05) is 74.7 Å². The first-order valence-corrected chi connectivity index (χ1v) is 20.9. The third-order valence-corrected chi connectivity index (χ3v) is 12.4. The molecule has 2 unspecified atom stereocenters. The van der Waals surface area contributed by atoms with Crippen molar-refractivity contribution in [1.29, 1.82) is 0 Å². The van der Waals surface area contributed by atoms with Crippen molar-refractivity contribution < 1.29 is 18.0 Å². The predicted molar refractivity (Wildman–Crippen MR) is 201 cm³/mol. The van der Waals surface area contributed by atoms with Crippen LogP contribution in [0.25, 0.3) is 0 Å². The molecule has 2 aromatic rings. The zero-order valence-electron chi connectivity index (χ0n) is 27.9. The van der Waals surface area contributed by atoms with Crippen LogP contribution >= 0.6 is 31.9 Å². The lowest BCUT2D eigenvalue weighted by Gasteiger charge is -2.52. The van der Waals surface area contributed by atoms with Gasteiger partial charge >= 0.3 is 6.03 Å². The fraction of sp³-hybridized carbons (Fsp3) is 0.559. The van der Waals surface area contributed by atoms with Gasteiger partial charge in [-0.2, -0.15) is 0 Å². The van der Waals surface area contributed by atoms with Crippen LogP contribution in [0, 0.1) is 0 Å². The van der Waals surface area contributed by atoms with E-state index in [-0.39, 0.29) is 29.8 Å². The maximum Gasteiger partial charge on any atom is 0.323 e. The van der Waals surface area contributed by atoms with Crippen LogP contribution < -0.4 is 16.0 Å². The van der Waals surface area contributed by atoms with Crippen LogP contribution in [0.2, 0.25) is 0 Å². The summed E-state index contributed by atoms with van der Waals surface area (Å²) in [4.78, 5) is 37.0. The maximum atomic E-state index is 14.4. The second-order valence-corrected chi connectivity index (χ2v) is 16.9. The van der Waals surface area contributed by atoms with Crippen LogP contribution in [0.4, 0.5) is 16.2 Å². The summed E-state index contributed by atoms with van der Waals surface area (Å²) < 4.78 is 30.2. The first-order chi connectivity index (χ1) is 23.5. The Bertz CT molecular complexity index is 1640. The van der Waals surface area contributed by atoms with E-state index in [1.54, 1.807) is 9.80 Å². The number of carbonyl (C=O) groups excluding carboxylic acids is 2. The average Bonchev–Trinajstić information content (AvgIpc) is 3.11. The number of urea groups is 1. The Morgan fingerprint density at radius 2 is 1.69 bits per heavy atom. The number of hydrogen-bond acceptors (Lipinski definition) is 6. The van der Waals surface area contributed by atoms with Crippen molar-refractivity contribution in [3.05, 3.63) is 60.2 Å². The van der Waals surface area contributed by atoms with Crippen LogP contribution in [-0.2, 0) is 21.4 Å². The number of piperidine rings is 3. The summed E-state index contributed by atoms with van der Waals surface area (Å²) in [7, 11) is -3.91. The van der Waals surface area contributed by atoms with E-state index >= 15 is 0 Å². The molecule has 0 saturated carbocycles. The zero-order valence-corrected chi connectivity index (χ0v) is 31.9. The number of para-hydroxylation sites is 2. The number of rotatable bonds is 7. The molecule has 4 aliphatic heterocycles. The minimum absolute atomic E-state index is 0.0803. The number of anilines is 2. The van der Waals surface area contributed by atoms with E-state index < -0.39 is 26.6 Å². The highest BCUT2D eigenvalue weighted by atomic mass is 79.9. The van der Waals surface area contributed by atoms with E-state index in [4.69, 9.17) is 5.73 Å². The largest absolute Gasteiger partial charge is 0.341 e. The molecule has 12 nitrogen and oxygen atoms in total. The number of fused-ring (bicyclic) bond motifs is 1. The van der Waals surface area contributed by atoms with Gasteiger partial charge in [-0.05, 0) is 62.5 Å². The summed E-state index contributed by atoms with van der Waals surface area (Å²) in [6.07, 6.45) is 6.97. The molecule has 0 radical (unpaired) electrons. The normalized spacial score (nSPS) is 25.1. The van der Waals surface area contributed by atoms with Crippen LogP contribution in [0.15, 0.2) is 59.0 Å². The van der Waals surface area contributed by atoms with E-state index in [0.29, 0.717) is 44.3 Å². The van der Waals surface area contributed by atoms with Crippen molar-refractivity contribution in [2.45, 2.75) is 67.6 Å². The number of alkyl halides is 2. The molecular formula is C34H46Br2N8O4S. The topological polar surface area (TPSA) is 135 Å². The molecule has 15 heteroatoms. The van der Waals surface area contributed by atoms with Crippen LogP contribution in [0.5, 0.6) is 0 Å². The number of guanidine groups is 1. The van der Waals surface area contributed by atoms with Gasteiger partial charge in [-0.15, -0.1) is 4.40 Å². The summed E-state index contributed by atoms with van der Waals surface area (Å²) in [6, 6.07) is 16.4. The number of amides is 3. The van der Waals surface area contributed by atoms with Gasteiger partial charge in [-0.25, -0.2) is 13.2 Å². The van der Waals surface area contributed by atoms with Crippen LogP contribution in [-0.4, -0.2) is 119 Å². The monoisotopic (exact) mass is 820 g/mol. The Kier molecular flexibility index (Phi) is 11.2. The number of nitrogens with one attached hydrogen (secondary N) is 1. The minimum atomic E-state index is -3.91. The van der Waals surface area contributed by atoms with Gasteiger partial charge < -0.3 is 30.7 Å². The molecule has 2 aromatic carbocycles. The summed E-state index contributed by atoms with van der Waals surface area (Å²) in [5.74, 6) is 0.0675. The van der Waals surface area contributed by atoms with Gasteiger partial charge in [-0.3, -0.25) is 9.69 Å². The fourth-order valence-electron chi connectivity index (χ4n) is 7.56. The standard InChI is InChI=1S/C34H46Br2N8O4S/c1-49(47,48)39-32(42-21-16-34(37,30(36)24-42)43-23-25-10-6-7-13-28(25)38-33(43)46)44(27-11-4-2-5-12-27)29(22-35)31(45)41-19-14-26(15-20-41)40-17-8-3-9-18-40/h2,4-7,10-13,26,29-30H,3,8-9,14-24,37H2,1H3,(H,38,46)/t29-,30?,34?/m0/s1. The van der Waals surface area contributed by atoms with E-state index in [2.05, 4.69) is 46.5 Å². The summed E-state index contributed by atoms with van der Waals surface area (Å²) in [5, 5.41) is 3.22. The molecule has 3 amide bonds. The molecule has 0 aromatic heterocycles. The number of nitrogens with zero attached hydrogens (tertiary/aromatic N) is 6. The summed E-state index contributed by atoms with van der Waals surface area (Å²) >= 11 is 7.42. The van der Waals surface area contributed by atoms with Gasteiger partial charge in [0.25, 0.3) is 10.0 Å². The Hall–Kier alpha value is -2.72. The molecule has 3 N–H and O–H groups in total. The van der Waals surface area contributed by atoms with Crippen molar-refractivity contribution in [1.82, 2.24) is 19.6 Å². The Morgan fingerprint density at radius 3 is 2.35 bits per heavy atom. The molecule has 0 aliphatic carbocycles. The molecule has 3 saturated heterocycles. The molecular weight excluding hydrogens is 776 g/mol. The third kappa shape index (κ3) is 7.95. The fourth-order valence-corrected chi connectivity index (χ4v) is 9.45. The average molecular weight is 823 g/mol. The number of halogens is 2. The first kappa shape index (κ1) is 36.1. The Morgan fingerprint density at radius 1 is 1.02 bits per heavy atom. The summed E-state index contributed by atoms with van der Waals surface area (Å²) in [6.45, 7) is 4.43. The molecule has 3 fully saturated rings. The molecule has 49 heavy (non-hydrogen) atoms. The molecule has 266 valence electrons. The highest BCUT2D eigenvalue weighted by Crippen LogP contribution is 2.36. The van der Waals surface area contributed by atoms with Gasteiger partial charge in [0.15, 0.2) is 0 Å². The number of benzene rings is 2.